The summed E-state index contributed by atoms with van der Waals surface area (Å²) in [6.07, 6.45) is 2.42. The Morgan fingerprint density at radius 2 is 2.08 bits per heavy atom. The molecule has 2 heterocycles. The number of nitrogens with zero attached hydrogens (tertiary/aromatic N) is 4. The molecule has 1 atom stereocenters. The Morgan fingerprint density at radius 3 is 2.80 bits per heavy atom. The van der Waals surface area contributed by atoms with Gasteiger partial charge in [-0.25, -0.2) is 14.4 Å². The van der Waals surface area contributed by atoms with Gasteiger partial charge in [-0.3, -0.25) is 4.79 Å². The van der Waals surface area contributed by atoms with Gasteiger partial charge in [0.2, 0.25) is 11.8 Å². The lowest BCUT2D eigenvalue weighted by Gasteiger charge is -2.17. The highest BCUT2D eigenvalue weighted by Gasteiger charge is 2.28. The molecule has 132 valence electrons. The molecule has 1 aliphatic heterocycles. The molecule has 7 heteroatoms. The smallest absolute Gasteiger partial charge is 0.227 e. The summed E-state index contributed by atoms with van der Waals surface area (Å²) in [4.78, 5) is 24.3. The Bertz CT molecular complexity index is 736. The Kier molecular flexibility index (Phi) is 5.11. The van der Waals surface area contributed by atoms with Crippen LogP contribution in [-0.2, 0) is 11.2 Å². The zero-order valence-electron chi connectivity index (χ0n) is 14.4. The topological polar surface area (TPSA) is 58.6 Å². The Labute approximate surface area is 146 Å². The van der Waals surface area contributed by atoms with E-state index in [0.717, 1.165) is 17.8 Å². The third-order valence-electron chi connectivity index (χ3n) is 4.14. The number of anilines is 1. The van der Waals surface area contributed by atoms with Gasteiger partial charge in [0.1, 0.15) is 24.1 Å². The standard InChI is InChI=1S/C18H21FN4O2/c1-22(2)16-10-17(21-12-20-16)25-15-7-8-23(11-15)18(24)9-13-3-5-14(19)6-4-13/h3-6,10,12,15H,7-9,11H2,1-2H3. The minimum absolute atomic E-state index is 0.0226. The lowest BCUT2D eigenvalue weighted by atomic mass is 10.1. The van der Waals surface area contributed by atoms with Gasteiger partial charge in [-0.2, -0.15) is 0 Å². The van der Waals surface area contributed by atoms with Crippen molar-refractivity contribution in [2.45, 2.75) is 18.9 Å². The van der Waals surface area contributed by atoms with Crippen molar-refractivity contribution in [3.05, 3.63) is 48.0 Å². The third kappa shape index (κ3) is 4.43. The van der Waals surface area contributed by atoms with E-state index in [1.54, 1.807) is 23.1 Å². The maximum Gasteiger partial charge on any atom is 0.227 e. The van der Waals surface area contributed by atoms with Gasteiger partial charge in [0.15, 0.2) is 0 Å². The van der Waals surface area contributed by atoms with E-state index >= 15 is 0 Å². The van der Waals surface area contributed by atoms with Crippen LogP contribution in [0.15, 0.2) is 36.7 Å². The first-order chi connectivity index (χ1) is 12.0. The third-order valence-corrected chi connectivity index (χ3v) is 4.14. The Morgan fingerprint density at radius 1 is 1.32 bits per heavy atom. The minimum atomic E-state index is -0.298. The van der Waals surface area contributed by atoms with Gasteiger partial charge in [-0.05, 0) is 17.7 Å². The molecule has 1 saturated heterocycles. The summed E-state index contributed by atoms with van der Waals surface area (Å²) in [7, 11) is 3.80. The summed E-state index contributed by atoms with van der Waals surface area (Å²) in [5.74, 6) is 1.01. The molecule has 0 radical (unpaired) electrons. The highest BCUT2D eigenvalue weighted by atomic mass is 19.1. The Hall–Kier alpha value is -2.70. The second kappa shape index (κ2) is 7.46. The molecule has 0 spiro atoms. The number of hydrogen-bond acceptors (Lipinski definition) is 5. The number of halogens is 1. The average molecular weight is 344 g/mol. The van der Waals surface area contributed by atoms with E-state index in [1.807, 2.05) is 19.0 Å². The van der Waals surface area contributed by atoms with Crippen LogP contribution < -0.4 is 9.64 Å². The molecule has 0 bridgehead atoms. The molecule has 2 aromatic rings. The van der Waals surface area contributed by atoms with E-state index in [9.17, 15) is 9.18 Å². The van der Waals surface area contributed by atoms with Gasteiger partial charge in [0.25, 0.3) is 0 Å². The van der Waals surface area contributed by atoms with E-state index in [1.165, 1.54) is 18.5 Å². The molecule has 6 nitrogen and oxygen atoms in total. The summed E-state index contributed by atoms with van der Waals surface area (Å²) < 4.78 is 18.8. The molecule has 1 amide bonds. The number of ether oxygens (including phenoxy) is 1. The van der Waals surface area contributed by atoms with Crippen LogP contribution in [0.1, 0.15) is 12.0 Å². The van der Waals surface area contributed by atoms with Crippen LogP contribution in [0.2, 0.25) is 0 Å². The molecule has 1 fully saturated rings. The van der Waals surface area contributed by atoms with E-state index in [-0.39, 0.29) is 24.2 Å². The van der Waals surface area contributed by atoms with Crippen LogP contribution in [0.3, 0.4) is 0 Å². The van der Waals surface area contributed by atoms with Gasteiger partial charge in [-0.1, -0.05) is 12.1 Å². The number of aromatic nitrogens is 2. The average Bonchev–Trinajstić information content (AvgIpc) is 3.06. The Balaban J connectivity index is 1.55. The van der Waals surface area contributed by atoms with Crippen molar-refractivity contribution < 1.29 is 13.9 Å². The predicted molar refractivity (Wildman–Crippen MR) is 92.1 cm³/mol. The molecule has 1 unspecified atom stereocenters. The van der Waals surface area contributed by atoms with Crippen LogP contribution in [0.25, 0.3) is 0 Å². The van der Waals surface area contributed by atoms with Crippen molar-refractivity contribution in [3.8, 4) is 5.88 Å². The van der Waals surface area contributed by atoms with Crippen LogP contribution in [0.5, 0.6) is 5.88 Å². The van der Waals surface area contributed by atoms with Crippen molar-refractivity contribution in [1.29, 1.82) is 0 Å². The van der Waals surface area contributed by atoms with E-state index in [4.69, 9.17) is 4.74 Å². The predicted octanol–water partition coefficient (Wildman–Crippen LogP) is 1.90. The molecule has 25 heavy (non-hydrogen) atoms. The van der Waals surface area contributed by atoms with Gasteiger partial charge >= 0.3 is 0 Å². The molecule has 3 rings (SSSR count). The number of likely N-dealkylation sites (tertiary alicyclic amines) is 1. The molecule has 1 aliphatic rings. The summed E-state index contributed by atoms with van der Waals surface area (Å²) in [6, 6.07) is 7.80. The van der Waals surface area contributed by atoms with Crippen LogP contribution in [0, 0.1) is 5.82 Å². The fourth-order valence-electron chi connectivity index (χ4n) is 2.75. The number of carbonyl (C=O) groups is 1. The van der Waals surface area contributed by atoms with Crippen molar-refractivity contribution in [1.82, 2.24) is 14.9 Å². The SMILES string of the molecule is CN(C)c1cc(OC2CCN(C(=O)Cc3ccc(F)cc3)C2)ncn1. The first-order valence-corrected chi connectivity index (χ1v) is 8.19. The maximum atomic E-state index is 12.9. The zero-order chi connectivity index (χ0) is 17.8. The summed E-state index contributed by atoms with van der Waals surface area (Å²) in [6.45, 7) is 1.18. The lowest BCUT2D eigenvalue weighted by Crippen LogP contribution is -2.32. The number of carbonyl (C=O) groups excluding carboxylic acids is 1. The molecule has 0 N–H and O–H groups in total. The first kappa shape index (κ1) is 17.1. The van der Waals surface area contributed by atoms with Gasteiger partial charge in [0, 0.05) is 33.1 Å². The largest absolute Gasteiger partial charge is 0.472 e. The second-order valence-electron chi connectivity index (χ2n) is 6.28. The quantitative estimate of drug-likeness (QED) is 0.829. The normalized spacial score (nSPS) is 16.8. The molecule has 1 aromatic carbocycles. The van der Waals surface area contributed by atoms with Crippen LogP contribution in [0.4, 0.5) is 10.2 Å². The summed E-state index contributed by atoms with van der Waals surface area (Å²) in [5, 5.41) is 0. The second-order valence-corrected chi connectivity index (χ2v) is 6.28. The highest BCUT2D eigenvalue weighted by molar-refractivity contribution is 5.79. The van der Waals surface area contributed by atoms with Crippen LogP contribution in [-0.4, -0.2) is 54.1 Å². The van der Waals surface area contributed by atoms with Gasteiger partial charge < -0.3 is 14.5 Å². The van der Waals surface area contributed by atoms with Gasteiger partial charge in [-0.15, -0.1) is 0 Å². The van der Waals surface area contributed by atoms with Gasteiger partial charge in [0.05, 0.1) is 13.0 Å². The fraction of sp³-hybridized carbons (Fsp3) is 0.389. The molecule has 0 aliphatic carbocycles. The fourth-order valence-corrected chi connectivity index (χ4v) is 2.75. The number of hydrogen-bond donors (Lipinski definition) is 0. The maximum absolute atomic E-state index is 12.9. The van der Waals surface area contributed by atoms with Crippen molar-refractivity contribution in [2.24, 2.45) is 0 Å². The molecule has 0 saturated carbocycles. The number of benzene rings is 1. The van der Waals surface area contributed by atoms with Crippen molar-refractivity contribution >= 4 is 11.7 Å². The zero-order valence-corrected chi connectivity index (χ0v) is 14.4. The molecular weight excluding hydrogens is 323 g/mol. The number of rotatable bonds is 5. The number of amides is 1. The molecular formula is C18H21FN4O2. The molecule has 1 aromatic heterocycles. The highest BCUT2D eigenvalue weighted by Crippen LogP contribution is 2.20. The summed E-state index contributed by atoms with van der Waals surface area (Å²) >= 11 is 0. The monoisotopic (exact) mass is 344 g/mol. The van der Waals surface area contributed by atoms with E-state index in [0.29, 0.717) is 19.0 Å². The van der Waals surface area contributed by atoms with Crippen molar-refractivity contribution in [3.63, 3.8) is 0 Å². The van der Waals surface area contributed by atoms with Crippen LogP contribution >= 0.6 is 0 Å². The lowest BCUT2D eigenvalue weighted by molar-refractivity contribution is -0.129. The van der Waals surface area contributed by atoms with E-state index in [2.05, 4.69) is 9.97 Å². The van der Waals surface area contributed by atoms with Crippen molar-refractivity contribution in [2.75, 3.05) is 32.1 Å². The first-order valence-electron chi connectivity index (χ1n) is 8.19. The summed E-state index contributed by atoms with van der Waals surface area (Å²) in [5.41, 5.74) is 0.808. The minimum Gasteiger partial charge on any atom is -0.472 e. The van der Waals surface area contributed by atoms with E-state index < -0.39 is 0 Å².